The highest BCUT2D eigenvalue weighted by Crippen LogP contribution is 2.34. The molecule has 0 spiro atoms. The van der Waals surface area contributed by atoms with Gasteiger partial charge in [0.1, 0.15) is 5.75 Å². The summed E-state index contributed by atoms with van der Waals surface area (Å²) >= 11 is 0. The molecule has 0 radical (unpaired) electrons. The number of hydrogen-bond donors (Lipinski definition) is 1. The van der Waals surface area contributed by atoms with Gasteiger partial charge in [0.05, 0.1) is 12.7 Å². The molecule has 0 aliphatic heterocycles. The van der Waals surface area contributed by atoms with Crippen LogP contribution in [0.1, 0.15) is 52.0 Å². The molecule has 1 aromatic rings. The van der Waals surface area contributed by atoms with Gasteiger partial charge in [-0.25, -0.2) is 0 Å². The maximum atomic E-state index is 10.7. The Morgan fingerprint density at radius 3 is 2.67 bits per heavy atom. The zero-order valence-corrected chi connectivity index (χ0v) is 12.1. The van der Waals surface area contributed by atoms with Gasteiger partial charge in [0, 0.05) is 0 Å². The van der Waals surface area contributed by atoms with Crippen LogP contribution in [-0.2, 0) is 5.60 Å². The van der Waals surface area contributed by atoms with E-state index >= 15 is 0 Å². The van der Waals surface area contributed by atoms with Crippen LogP contribution in [0.25, 0.3) is 0 Å². The van der Waals surface area contributed by atoms with Crippen LogP contribution in [0.15, 0.2) is 24.3 Å². The molecule has 0 saturated heterocycles. The molecule has 0 amide bonds. The van der Waals surface area contributed by atoms with Gasteiger partial charge in [0.15, 0.2) is 0 Å². The summed E-state index contributed by atoms with van der Waals surface area (Å²) in [5.74, 6) is 1.05. The molecule has 0 fully saturated rings. The van der Waals surface area contributed by atoms with E-state index in [1.165, 1.54) is 19.3 Å². The molecule has 0 aliphatic rings. The van der Waals surface area contributed by atoms with Crippen LogP contribution in [0.3, 0.4) is 0 Å². The average Bonchev–Trinajstić information content (AvgIpc) is 2.39. The van der Waals surface area contributed by atoms with Gasteiger partial charge in [-0.05, 0) is 37.0 Å². The molecule has 0 saturated carbocycles. The number of hydrogen-bond acceptors (Lipinski definition) is 2. The van der Waals surface area contributed by atoms with Crippen LogP contribution >= 0.6 is 0 Å². The number of benzene rings is 1. The Labute approximate surface area is 111 Å². The van der Waals surface area contributed by atoms with Crippen LogP contribution < -0.4 is 4.74 Å². The number of methoxy groups -OCH3 is 1. The van der Waals surface area contributed by atoms with Crippen LogP contribution in [0.5, 0.6) is 5.75 Å². The van der Waals surface area contributed by atoms with E-state index in [1.807, 2.05) is 31.2 Å². The smallest absolute Gasteiger partial charge is 0.119 e. The minimum absolute atomic E-state index is 0.246. The summed E-state index contributed by atoms with van der Waals surface area (Å²) in [5.41, 5.74) is 0.147. The average molecular weight is 250 g/mol. The van der Waals surface area contributed by atoms with Gasteiger partial charge >= 0.3 is 0 Å². The summed E-state index contributed by atoms with van der Waals surface area (Å²) in [4.78, 5) is 0. The first kappa shape index (κ1) is 15.0. The van der Waals surface area contributed by atoms with Crippen molar-refractivity contribution >= 4 is 0 Å². The quantitative estimate of drug-likeness (QED) is 0.738. The zero-order chi connectivity index (χ0) is 13.6. The Kier molecular flexibility index (Phi) is 5.67. The molecule has 0 aromatic heterocycles. The highest BCUT2D eigenvalue weighted by molar-refractivity contribution is 5.32. The Bertz CT molecular complexity index is 358. The van der Waals surface area contributed by atoms with Gasteiger partial charge in [0.25, 0.3) is 0 Å². The molecule has 2 nitrogen and oxygen atoms in total. The van der Waals surface area contributed by atoms with Crippen LogP contribution in [0.2, 0.25) is 0 Å². The van der Waals surface area contributed by atoms with Gasteiger partial charge in [-0.2, -0.15) is 0 Å². The predicted octanol–water partition coefficient (Wildman–Crippen LogP) is 4.12. The van der Waals surface area contributed by atoms with Crippen LogP contribution in [-0.4, -0.2) is 12.2 Å². The lowest BCUT2D eigenvalue weighted by Gasteiger charge is -2.31. The minimum atomic E-state index is -0.789. The first-order chi connectivity index (χ1) is 8.52. The van der Waals surface area contributed by atoms with E-state index in [2.05, 4.69) is 13.8 Å². The topological polar surface area (TPSA) is 29.5 Å². The predicted molar refractivity (Wildman–Crippen MR) is 75.9 cm³/mol. The Balaban J connectivity index is 2.76. The van der Waals surface area contributed by atoms with E-state index < -0.39 is 5.60 Å². The van der Waals surface area contributed by atoms with E-state index in [0.717, 1.165) is 17.7 Å². The number of unbranched alkanes of at least 4 members (excludes halogenated alkanes) is 2. The maximum Gasteiger partial charge on any atom is 0.119 e. The van der Waals surface area contributed by atoms with E-state index in [0.29, 0.717) is 0 Å². The Morgan fingerprint density at radius 1 is 1.33 bits per heavy atom. The zero-order valence-electron chi connectivity index (χ0n) is 12.1. The van der Waals surface area contributed by atoms with Gasteiger partial charge in [-0.3, -0.25) is 0 Å². The van der Waals surface area contributed by atoms with Crippen molar-refractivity contribution in [2.24, 2.45) is 5.92 Å². The molecule has 1 aromatic carbocycles. The summed E-state index contributed by atoms with van der Waals surface area (Å²) < 4.78 is 5.22. The second-order valence-electron chi connectivity index (χ2n) is 5.28. The van der Waals surface area contributed by atoms with E-state index in [4.69, 9.17) is 4.74 Å². The van der Waals surface area contributed by atoms with E-state index in [-0.39, 0.29) is 5.92 Å². The van der Waals surface area contributed by atoms with E-state index in [9.17, 15) is 5.11 Å². The number of rotatable bonds is 7. The fourth-order valence-electron chi connectivity index (χ4n) is 2.20. The molecular weight excluding hydrogens is 224 g/mol. The number of aliphatic hydroxyl groups is 1. The highest BCUT2D eigenvalue weighted by atomic mass is 16.5. The maximum absolute atomic E-state index is 10.7. The summed E-state index contributed by atoms with van der Waals surface area (Å²) in [6.07, 6.45) is 4.68. The van der Waals surface area contributed by atoms with Crippen molar-refractivity contribution in [2.45, 2.75) is 52.1 Å². The highest BCUT2D eigenvalue weighted by Gasteiger charge is 2.30. The van der Waals surface area contributed by atoms with Crippen LogP contribution in [0, 0.1) is 5.92 Å². The monoisotopic (exact) mass is 250 g/mol. The molecule has 18 heavy (non-hydrogen) atoms. The Morgan fingerprint density at radius 2 is 2.06 bits per heavy atom. The summed E-state index contributed by atoms with van der Waals surface area (Å²) in [6, 6.07) is 7.73. The van der Waals surface area contributed by atoms with Crippen molar-refractivity contribution < 1.29 is 9.84 Å². The summed E-state index contributed by atoms with van der Waals surface area (Å²) in [6.45, 7) is 6.22. The Hall–Kier alpha value is -1.02. The van der Waals surface area contributed by atoms with Crippen molar-refractivity contribution in [1.29, 1.82) is 0 Å². The fourth-order valence-corrected chi connectivity index (χ4v) is 2.20. The van der Waals surface area contributed by atoms with E-state index in [1.54, 1.807) is 7.11 Å². The molecule has 0 bridgehead atoms. The lowest BCUT2D eigenvalue weighted by atomic mass is 9.81. The van der Waals surface area contributed by atoms with Crippen molar-refractivity contribution in [2.75, 3.05) is 7.11 Å². The van der Waals surface area contributed by atoms with Gasteiger partial charge < -0.3 is 9.84 Å². The third kappa shape index (κ3) is 3.74. The van der Waals surface area contributed by atoms with Crippen molar-refractivity contribution in [3.8, 4) is 5.75 Å². The molecule has 2 heteroatoms. The van der Waals surface area contributed by atoms with Crippen molar-refractivity contribution in [3.05, 3.63) is 29.8 Å². The normalized spacial score (nSPS) is 16.1. The molecule has 0 aliphatic carbocycles. The van der Waals surface area contributed by atoms with Crippen LogP contribution in [0.4, 0.5) is 0 Å². The largest absolute Gasteiger partial charge is 0.497 e. The third-order valence-electron chi connectivity index (χ3n) is 3.85. The standard InChI is InChI=1S/C16H26O2/c1-5-6-7-9-13(2)16(3,17)14-10-8-11-15(12-14)18-4/h8,10-13,17H,5-7,9H2,1-4H3/t13-,16-/m1/s1. The van der Waals surface area contributed by atoms with Gasteiger partial charge in [-0.15, -0.1) is 0 Å². The SMILES string of the molecule is CCCCC[C@@H](C)[C@@](C)(O)c1cccc(OC)c1. The molecule has 102 valence electrons. The van der Waals surface area contributed by atoms with Gasteiger partial charge in [0.2, 0.25) is 0 Å². The second kappa shape index (κ2) is 6.79. The third-order valence-corrected chi connectivity index (χ3v) is 3.85. The number of ether oxygens (including phenoxy) is 1. The summed E-state index contributed by atoms with van der Waals surface area (Å²) in [5, 5.41) is 10.7. The molecular formula is C16H26O2. The fraction of sp³-hybridized carbons (Fsp3) is 0.625. The summed E-state index contributed by atoms with van der Waals surface area (Å²) in [7, 11) is 1.65. The lowest BCUT2D eigenvalue weighted by molar-refractivity contribution is -0.00302. The lowest BCUT2D eigenvalue weighted by Crippen LogP contribution is -2.29. The molecule has 2 atom stereocenters. The molecule has 1 rings (SSSR count). The molecule has 1 N–H and O–H groups in total. The van der Waals surface area contributed by atoms with Crippen molar-refractivity contribution in [1.82, 2.24) is 0 Å². The molecule has 0 heterocycles. The first-order valence-electron chi connectivity index (χ1n) is 6.89. The first-order valence-corrected chi connectivity index (χ1v) is 6.89. The second-order valence-corrected chi connectivity index (χ2v) is 5.28. The van der Waals surface area contributed by atoms with Crippen molar-refractivity contribution in [3.63, 3.8) is 0 Å². The molecule has 0 unspecified atom stereocenters. The van der Waals surface area contributed by atoms with Gasteiger partial charge in [-0.1, -0.05) is 45.2 Å². The minimum Gasteiger partial charge on any atom is -0.497 e.